The Morgan fingerprint density at radius 2 is 1.55 bits per heavy atom. The Kier molecular flexibility index (Phi) is 10.8. The number of amides is 2. The largest absolute Gasteiger partial charge is 0.417 e. The van der Waals surface area contributed by atoms with Crippen LogP contribution in [0.1, 0.15) is 35.2 Å². The number of hydrogen-bond donors (Lipinski definition) is 0. The summed E-state index contributed by atoms with van der Waals surface area (Å²) in [6.07, 6.45) is 4.32. The minimum Gasteiger partial charge on any atom is -0.341 e. The van der Waals surface area contributed by atoms with Gasteiger partial charge in [0.1, 0.15) is 6.04 Å². The molecule has 0 aliphatic carbocycles. The lowest BCUT2D eigenvalue weighted by Crippen LogP contribution is -2.54. The summed E-state index contributed by atoms with van der Waals surface area (Å²) in [5.74, 6) is -0.573. The number of piperidine rings is 1. The number of aromatic nitrogens is 2. The Morgan fingerprint density at radius 3 is 2.15 bits per heavy atom. The van der Waals surface area contributed by atoms with Crippen molar-refractivity contribution in [2.24, 2.45) is 0 Å². The highest BCUT2D eigenvalue weighted by Gasteiger charge is 2.35. The molecular weight excluding hydrogens is 603 g/mol. The predicted octanol–water partition coefficient (Wildman–Crippen LogP) is 6.37. The van der Waals surface area contributed by atoms with Gasteiger partial charge in [0.15, 0.2) is 0 Å². The summed E-state index contributed by atoms with van der Waals surface area (Å²) in [6.45, 7) is 1.32. The molecule has 2 amide bonds. The number of benzene rings is 2. The SMILES string of the molecule is CN(C)C1CCN(C(=O)C(Cc2ccccc2)N(Cc2ccc(-c3ccncc3)cc2)C(=O)C=Cc2ccc(C(F)(F)F)cn2)CC1. The van der Waals surface area contributed by atoms with Crippen LogP contribution >= 0.6 is 0 Å². The van der Waals surface area contributed by atoms with Crippen LogP contribution in [0.4, 0.5) is 13.2 Å². The van der Waals surface area contributed by atoms with Crippen molar-refractivity contribution in [1.82, 2.24) is 24.7 Å². The van der Waals surface area contributed by atoms with E-state index in [2.05, 4.69) is 14.9 Å². The van der Waals surface area contributed by atoms with Crippen molar-refractivity contribution in [3.63, 3.8) is 0 Å². The summed E-state index contributed by atoms with van der Waals surface area (Å²) < 4.78 is 39.2. The molecule has 0 N–H and O–H groups in total. The van der Waals surface area contributed by atoms with Crippen LogP contribution in [0.2, 0.25) is 0 Å². The fraction of sp³-hybridized carbons (Fsp3) is 0.297. The molecule has 0 bridgehead atoms. The summed E-state index contributed by atoms with van der Waals surface area (Å²) in [5, 5.41) is 0. The second-order valence-corrected chi connectivity index (χ2v) is 11.9. The Hall–Kier alpha value is -4.83. The third kappa shape index (κ3) is 8.92. The maximum Gasteiger partial charge on any atom is 0.417 e. The first kappa shape index (κ1) is 33.5. The quantitative estimate of drug-likeness (QED) is 0.188. The molecule has 2 aromatic carbocycles. The number of hydrogen-bond acceptors (Lipinski definition) is 5. The van der Waals surface area contributed by atoms with E-state index < -0.39 is 23.7 Å². The zero-order chi connectivity index (χ0) is 33.4. The minimum atomic E-state index is -4.51. The van der Waals surface area contributed by atoms with Gasteiger partial charge in [0.2, 0.25) is 11.8 Å². The van der Waals surface area contributed by atoms with E-state index in [1.807, 2.05) is 85.7 Å². The molecule has 47 heavy (non-hydrogen) atoms. The van der Waals surface area contributed by atoms with Crippen LogP contribution in [0.25, 0.3) is 17.2 Å². The summed E-state index contributed by atoms with van der Waals surface area (Å²) in [4.78, 5) is 41.9. The normalized spacial score (nSPS) is 14.8. The lowest BCUT2D eigenvalue weighted by atomic mass is 9.98. The van der Waals surface area contributed by atoms with E-state index in [0.29, 0.717) is 25.6 Å². The molecule has 1 aliphatic heterocycles. The van der Waals surface area contributed by atoms with Crippen LogP contribution < -0.4 is 0 Å². The van der Waals surface area contributed by atoms with Crippen LogP contribution in [-0.2, 0) is 28.7 Å². The topological polar surface area (TPSA) is 69.6 Å². The maximum atomic E-state index is 14.3. The van der Waals surface area contributed by atoms with Gasteiger partial charge in [-0.05, 0) is 79.5 Å². The smallest absolute Gasteiger partial charge is 0.341 e. The second-order valence-electron chi connectivity index (χ2n) is 11.9. The molecule has 5 rings (SSSR count). The fourth-order valence-corrected chi connectivity index (χ4v) is 5.79. The van der Waals surface area contributed by atoms with Crippen molar-refractivity contribution in [3.05, 3.63) is 126 Å². The van der Waals surface area contributed by atoms with Gasteiger partial charge in [0.05, 0.1) is 11.3 Å². The molecule has 1 atom stereocenters. The van der Waals surface area contributed by atoms with E-state index in [9.17, 15) is 22.8 Å². The summed E-state index contributed by atoms with van der Waals surface area (Å²) >= 11 is 0. The number of halogens is 3. The third-order valence-electron chi connectivity index (χ3n) is 8.55. The highest BCUT2D eigenvalue weighted by Crippen LogP contribution is 2.28. The molecule has 2 aromatic heterocycles. The zero-order valence-corrected chi connectivity index (χ0v) is 26.5. The number of likely N-dealkylation sites (tertiary alicyclic amines) is 1. The number of alkyl halides is 3. The van der Waals surface area contributed by atoms with Crippen LogP contribution in [0.3, 0.4) is 0 Å². The molecule has 4 aromatic rings. The maximum absolute atomic E-state index is 14.3. The van der Waals surface area contributed by atoms with Crippen LogP contribution in [0.15, 0.2) is 104 Å². The number of nitrogens with zero attached hydrogens (tertiary/aromatic N) is 5. The van der Waals surface area contributed by atoms with Crippen LogP contribution in [0.5, 0.6) is 0 Å². The van der Waals surface area contributed by atoms with Crippen molar-refractivity contribution in [1.29, 1.82) is 0 Å². The third-order valence-corrected chi connectivity index (χ3v) is 8.55. The Bertz CT molecular complexity index is 1640. The van der Waals surface area contributed by atoms with E-state index in [4.69, 9.17) is 0 Å². The van der Waals surface area contributed by atoms with E-state index >= 15 is 0 Å². The molecule has 244 valence electrons. The van der Waals surface area contributed by atoms with Crippen molar-refractivity contribution in [2.45, 2.75) is 44.1 Å². The van der Waals surface area contributed by atoms with Crippen molar-refractivity contribution in [3.8, 4) is 11.1 Å². The number of carbonyl (C=O) groups is 2. The summed E-state index contributed by atoms with van der Waals surface area (Å²) in [7, 11) is 4.08. The molecule has 7 nitrogen and oxygen atoms in total. The molecule has 1 fully saturated rings. The highest BCUT2D eigenvalue weighted by molar-refractivity contribution is 5.95. The molecule has 0 spiro atoms. The van der Waals surface area contributed by atoms with Crippen LogP contribution in [-0.4, -0.2) is 75.8 Å². The summed E-state index contributed by atoms with van der Waals surface area (Å²) in [5.41, 5.74) is 3.06. The van der Waals surface area contributed by atoms with Gasteiger partial charge in [-0.1, -0.05) is 54.6 Å². The standard InChI is InChI=1S/C37H38F3N5O2/c1-43(2)33-18-22-44(23-19-33)36(47)34(24-27-6-4-3-5-7-27)45(26-28-8-10-29(11-9-28)30-16-20-41-21-17-30)35(46)15-14-32-13-12-31(25-42-32)37(38,39)40/h3-17,20-21,25,33-34H,18-19,22-24,26H2,1-2H3. The average molecular weight is 642 g/mol. The zero-order valence-electron chi connectivity index (χ0n) is 26.5. The number of pyridine rings is 2. The molecular formula is C37H38F3N5O2. The Labute approximate surface area is 273 Å². The van der Waals surface area contributed by atoms with E-state index in [1.165, 1.54) is 18.2 Å². The first-order chi connectivity index (χ1) is 22.6. The van der Waals surface area contributed by atoms with E-state index in [-0.39, 0.29) is 18.1 Å². The first-order valence-electron chi connectivity index (χ1n) is 15.6. The second kappa shape index (κ2) is 15.2. The van der Waals surface area contributed by atoms with Crippen molar-refractivity contribution >= 4 is 17.9 Å². The monoisotopic (exact) mass is 641 g/mol. The molecule has 1 aliphatic rings. The summed E-state index contributed by atoms with van der Waals surface area (Å²) in [6, 6.07) is 22.9. The van der Waals surface area contributed by atoms with Gasteiger partial charge < -0.3 is 14.7 Å². The average Bonchev–Trinajstić information content (AvgIpc) is 3.09. The van der Waals surface area contributed by atoms with E-state index in [0.717, 1.165) is 47.4 Å². The lowest BCUT2D eigenvalue weighted by molar-refractivity contribution is -0.145. The fourth-order valence-electron chi connectivity index (χ4n) is 5.79. The molecule has 3 heterocycles. The first-order valence-corrected chi connectivity index (χ1v) is 15.6. The van der Waals surface area contributed by atoms with E-state index in [1.54, 1.807) is 17.3 Å². The lowest BCUT2D eigenvalue weighted by Gasteiger charge is -2.39. The van der Waals surface area contributed by atoms with Gasteiger partial charge in [-0.3, -0.25) is 19.6 Å². The van der Waals surface area contributed by atoms with Gasteiger partial charge in [-0.15, -0.1) is 0 Å². The van der Waals surface area contributed by atoms with Gasteiger partial charge >= 0.3 is 6.18 Å². The number of rotatable bonds is 10. The Balaban J connectivity index is 1.46. The van der Waals surface area contributed by atoms with Crippen molar-refractivity contribution in [2.75, 3.05) is 27.2 Å². The highest BCUT2D eigenvalue weighted by atomic mass is 19.4. The molecule has 0 radical (unpaired) electrons. The molecule has 1 unspecified atom stereocenters. The van der Waals surface area contributed by atoms with Gasteiger partial charge in [-0.25, -0.2) is 0 Å². The van der Waals surface area contributed by atoms with Crippen molar-refractivity contribution < 1.29 is 22.8 Å². The Morgan fingerprint density at radius 1 is 0.894 bits per heavy atom. The predicted molar refractivity (Wildman–Crippen MR) is 176 cm³/mol. The molecule has 0 saturated carbocycles. The van der Waals surface area contributed by atoms with Gasteiger partial charge in [0.25, 0.3) is 0 Å². The number of carbonyl (C=O) groups excluding carboxylic acids is 2. The minimum absolute atomic E-state index is 0.131. The van der Waals surface area contributed by atoms with Gasteiger partial charge in [0, 0.05) is 56.8 Å². The van der Waals surface area contributed by atoms with Gasteiger partial charge in [-0.2, -0.15) is 13.2 Å². The van der Waals surface area contributed by atoms with Crippen LogP contribution in [0, 0.1) is 0 Å². The molecule has 10 heteroatoms. The molecule has 1 saturated heterocycles.